The molecule has 36 heavy (non-hydrogen) atoms. The van der Waals surface area contributed by atoms with Gasteiger partial charge in [0.25, 0.3) is 5.92 Å². The number of nitrogens with one attached hydrogen (secondary N) is 1. The molecular weight excluding hydrogens is 509 g/mol. The molecule has 1 fully saturated rings. The smallest absolute Gasteiger partial charge is 0.297 e. The maximum absolute atomic E-state index is 14.9. The normalized spacial score (nSPS) is 19.2. The molecule has 1 aromatic carbocycles. The number of likely N-dealkylation sites (tertiary alicyclic amines) is 1. The summed E-state index contributed by atoms with van der Waals surface area (Å²) < 4.78 is 51.5. The number of halogens is 4. The van der Waals surface area contributed by atoms with Gasteiger partial charge in [-0.05, 0) is 37.5 Å². The average molecular weight is 539 g/mol. The number of hydrogen-bond donors (Lipinski definition) is 1. The first kappa shape index (κ1) is 25.7. The SMILES string of the molecule is Cc1nn(-c2c(F)cccc2CNC(C)C)cc1CN1CCC2(CC1)OCC(F)(F)c1cc(Cl)sc12. The standard InChI is InChI=1S/C26H30ClF3N4OS/c1-16(2)31-12-18-5-4-6-21(28)23(18)34-14-19(17(3)32-34)13-33-9-7-25(8-10-33)24-20(11-22(27)36-24)26(29,30)15-35-25/h4-6,11,14,16,31H,7-10,12-13,15H2,1-3H3. The van der Waals surface area contributed by atoms with Crippen LogP contribution in [0.15, 0.2) is 30.5 Å². The summed E-state index contributed by atoms with van der Waals surface area (Å²) in [6.45, 7) is 7.98. The summed E-state index contributed by atoms with van der Waals surface area (Å²) in [6, 6.07) is 6.75. The number of piperidine rings is 1. The third-order valence-corrected chi connectivity index (χ3v) is 8.55. The minimum Gasteiger partial charge on any atom is -0.363 e. The van der Waals surface area contributed by atoms with E-state index in [1.807, 2.05) is 19.2 Å². The van der Waals surface area contributed by atoms with Crippen molar-refractivity contribution in [2.45, 2.75) is 64.3 Å². The topological polar surface area (TPSA) is 42.3 Å². The molecule has 0 bridgehead atoms. The summed E-state index contributed by atoms with van der Waals surface area (Å²) in [5, 5.41) is 7.97. The van der Waals surface area contributed by atoms with Gasteiger partial charge in [0.15, 0.2) is 0 Å². The van der Waals surface area contributed by atoms with Gasteiger partial charge in [0.05, 0.1) is 10.0 Å². The van der Waals surface area contributed by atoms with E-state index < -0.39 is 18.1 Å². The van der Waals surface area contributed by atoms with E-state index in [1.54, 1.807) is 10.7 Å². The maximum Gasteiger partial charge on any atom is 0.297 e. The van der Waals surface area contributed by atoms with Crippen molar-refractivity contribution in [2.24, 2.45) is 0 Å². The van der Waals surface area contributed by atoms with Crippen LogP contribution in [0.4, 0.5) is 13.2 Å². The van der Waals surface area contributed by atoms with Gasteiger partial charge >= 0.3 is 0 Å². The molecule has 1 N–H and O–H groups in total. The number of ether oxygens (including phenoxy) is 1. The number of nitrogens with zero attached hydrogens (tertiary/aromatic N) is 3. The highest BCUT2D eigenvalue weighted by Gasteiger charge is 2.51. The number of benzene rings is 1. The van der Waals surface area contributed by atoms with Crippen LogP contribution < -0.4 is 5.32 Å². The predicted molar refractivity (Wildman–Crippen MR) is 136 cm³/mol. The fourth-order valence-electron chi connectivity index (χ4n) is 5.07. The monoisotopic (exact) mass is 538 g/mol. The van der Waals surface area contributed by atoms with Crippen LogP contribution in [0.1, 0.15) is 54.0 Å². The number of para-hydroxylation sites is 1. The van der Waals surface area contributed by atoms with E-state index in [2.05, 4.69) is 29.2 Å². The van der Waals surface area contributed by atoms with E-state index in [9.17, 15) is 13.2 Å². The van der Waals surface area contributed by atoms with Crippen molar-refractivity contribution in [1.29, 1.82) is 0 Å². The molecule has 194 valence electrons. The van der Waals surface area contributed by atoms with Crippen LogP contribution >= 0.6 is 22.9 Å². The molecule has 4 heterocycles. The molecule has 0 aliphatic carbocycles. The average Bonchev–Trinajstić information content (AvgIpc) is 3.40. The Morgan fingerprint density at radius 1 is 1.22 bits per heavy atom. The Labute approximate surface area is 218 Å². The summed E-state index contributed by atoms with van der Waals surface area (Å²) in [4.78, 5) is 2.84. The van der Waals surface area contributed by atoms with E-state index in [1.165, 1.54) is 23.5 Å². The first-order valence-electron chi connectivity index (χ1n) is 12.2. The van der Waals surface area contributed by atoms with E-state index >= 15 is 0 Å². The summed E-state index contributed by atoms with van der Waals surface area (Å²) in [5.41, 5.74) is 2.44. The maximum atomic E-state index is 14.9. The molecule has 2 aromatic heterocycles. The molecule has 1 saturated heterocycles. The highest BCUT2D eigenvalue weighted by Crippen LogP contribution is 2.52. The van der Waals surface area contributed by atoms with Crippen LogP contribution in [0.25, 0.3) is 5.69 Å². The number of aryl methyl sites for hydroxylation is 1. The second-order valence-corrected chi connectivity index (χ2v) is 11.7. The molecule has 0 atom stereocenters. The lowest BCUT2D eigenvalue weighted by molar-refractivity contribution is -0.182. The lowest BCUT2D eigenvalue weighted by Gasteiger charge is -2.45. The molecule has 5 nitrogen and oxygen atoms in total. The zero-order valence-corrected chi connectivity index (χ0v) is 22.2. The lowest BCUT2D eigenvalue weighted by Crippen LogP contribution is -2.48. The van der Waals surface area contributed by atoms with Crippen molar-refractivity contribution in [3.8, 4) is 5.69 Å². The van der Waals surface area contributed by atoms with Gasteiger partial charge in [0, 0.05) is 54.4 Å². The van der Waals surface area contributed by atoms with Crippen molar-refractivity contribution < 1.29 is 17.9 Å². The predicted octanol–water partition coefficient (Wildman–Crippen LogP) is 6.15. The molecule has 2 aliphatic heterocycles. The van der Waals surface area contributed by atoms with Crippen molar-refractivity contribution in [3.63, 3.8) is 0 Å². The summed E-state index contributed by atoms with van der Waals surface area (Å²) in [6.07, 6.45) is 3.11. The quantitative estimate of drug-likeness (QED) is 0.409. The number of alkyl halides is 2. The largest absolute Gasteiger partial charge is 0.363 e. The van der Waals surface area contributed by atoms with E-state index in [-0.39, 0.29) is 17.4 Å². The van der Waals surface area contributed by atoms with Gasteiger partial charge in [-0.3, -0.25) is 4.90 Å². The van der Waals surface area contributed by atoms with Crippen molar-refractivity contribution in [2.75, 3.05) is 19.7 Å². The summed E-state index contributed by atoms with van der Waals surface area (Å²) in [7, 11) is 0. The summed E-state index contributed by atoms with van der Waals surface area (Å²) in [5.74, 6) is -3.33. The number of hydrogen-bond acceptors (Lipinski definition) is 5. The molecule has 1 spiro atoms. The third kappa shape index (κ3) is 4.84. The lowest BCUT2D eigenvalue weighted by atomic mass is 9.84. The molecule has 0 amide bonds. The Morgan fingerprint density at radius 3 is 2.69 bits per heavy atom. The van der Waals surface area contributed by atoms with Crippen molar-refractivity contribution >= 4 is 22.9 Å². The zero-order valence-electron chi connectivity index (χ0n) is 20.6. The Bertz CT molecular complexity index is 1250. The molecular formula is C26H30ClF3N4OS. The van der Waals surface area contributed by atoms with E-state index in [0.717, 1.165) is 16.8 Å². The molecule has 3 aromatic rings. The van der Waals surface area contributed by atoms with Gasteiger partial charge in [-0.15, -0.1) is 11.3 Å². The van der Waals surface area contributed by atoms with Crippen LogP contribution in [-0.4, -0.2) is 40.4 Å². The van der Waals surface area contributed by atoms with Crippen LogP contribution in [0.5, 0.6) is 0 Å². The first-order valence-corrected chi connectivity index (χ1v) is 13.4. The van der Waals surface area contributed by atoms with Crippen LogP contribution in [0.3, 0.4) is 0 Å². The van der Waals surface area contributed by atoms with Crippen LogP contribution in [0.2, 0.25) is 4.34 Å². The van der Waals surface area contributed by atoms with Gasteiger partial charge in [0.2, 0.25) is 0 Å². The van der Waals surface area contributed by atoms with Crippen LogP contribution in [-0.2, 0) is 29.3 Å². The van der Waals surface area contributed by atoms with Gasteiger partial charge < -0.3 is 10.1 Å². The number of rotatable bonds is 6. The van der Waals surface area contributed by atoms with Gasteiger partial charge in [-0.1, -0.05) is 37.6 Å². The Kier molecular flexibility index (Phi) is 6.97. The number of aromatic nitrogens is 2. The molecule has 0 saturated carbocycles. The van der Waals surface area contributed by atoms with Crippen molar-refractivity contribution in [3.05, 3.63) is 67.9 Å². The fraction of sp³-hybridized carbons (Fsp3) is 0.500. The Balaban J connectivity index is 1.32. The van der Waals surface area contributed by atoms with Gasteiger partial charge in [-0.2, -0.15) is 13.9 Å². The molecule has 0 unspecified atom stereocenters. The molecule has 2 aliphatic rings. The number of fused-ring (bicyclic) bond motifs is 2. The molecule has 0 radical (unpaired) electrons. The Morgan fingerprint density at radius 2 is 1.97 bits per heavy atom. The minimum atomic E-state index is -3.01. The van der Waals surface area contributed by atoms with Crippen molar-refractivity contribution in [1.82, 2.24) is 20.0 Å². The third-order valence-electron chi connectivity index (χ3n) is 7.10. The van der Waals surface area contributed by atoms with E-state index in [4.69, 9.17) is 16.3 Å². The van der Waals surface area contributed by atoms with E-state index in [0.29, 0.717) is 53.9 Å². The summed E-state index contributed by atoms with van der Waals surface area (Å²) >= 11 is 7.33. The number of thiophene rings is 1. The van der Waals surface area contributed by atoms with Gasteiger partial charge in [-0.25, -0.2) is 9.07 Å². The van der Waals surface area contributed by atoms with Crippen LogP contribution in [0, 0.1) is 12.7 Å². The molecule has 5 rings (SSSR count). The molecule has 10 heteroatoms. The second kappa shape index (κ2) is 9.76. The fourth-order valence-corrected chi connectivity index (χ4v) is 6.55. The Hall–Kier alpha value is -1.91. The highest BCUT2D eigenvalue weighted by atomic mass is 35.5. The highest BCUT2D eigenvalue weighted by molar-refractivity contribution is 7.16. The van der Waals surface area contributed by atoms with Gasteiger partial charge in [0.1, 0.15) is 23.7 Å². The zero-order chi connectivity index (χ0) is 25.7. The first-order chi connectivity index (χ1) is 17.1. The second-order valence-electron chi connectivity index (χ2n) is 10.0. The minimum absolute atomic E-state index is 0.0157.